The highest BCUT2D eigenvalue weighted by Crippen LogP contribution is 2.13. The zero-order valence-corrected chi connectivity index (χ0v) is 19.8. The molecule has 0 saturated heterocycles. The number of benzene rings is 1. The number of aliphatic carboxylic acids is 1. The number of nitrogens with two attached hydrogens (primary N) is 2. The number of amides is 3. The van der Waals surface area contributed by atoms with Gasteiger partial charge >= 0.3 is 5.97 Å². The molecule has 0 aliphatic rings. The third-order valence-corrected chi connectivity index (χ3v) is 5.11. The maximum absolute atomic E-state index is 13.1. The first-order valence-corrected chi connectivity index (χ1v) is 11.4. The summed E-state index contributed by atoms with van der Waals surface area (Å²) in [5.74, 6) is -2.86. The van der Waals surface area contributed by atoms with E-state index in [1.165, 1.54) is 12.1 Å². The van der Waals surface area contributed by atoms with Crippen LogP contribution in [0.4, 0.5) is 0 Å². The van der Waals surface area contributed by atoms with Crippen LogP contribution in [0.2, 0.25) is 0 Å². The molecule has 3 unspecified atom stereocenters. The molecule has 1 aromatic carbocycles. The first-order valence-electron chi connectivity index (χ1n) is 11.4. The zero-order valence-electron chi connectivity index (χ0n) is 19.8. The van der Waals surface area contributed by atoms with Crippen molar-refractivity contribution in [3.63, 3.8) is 0 Å². The molecule has 34 heavy (non-hydrogen) atoms. The first-order chi connectivity index (χ1) is 16.1. The number of carbonyl (C=O) groups is 4. The highest BCUT2D eigenvalue weighted by Gasteiger charge is 2.30. The molecule has 0 aliphatic heterocycles. The van der Waals surface area contributed by atoms with Crippen molar-refractivity contribution in [2.24, 2.45) is 17.4 Å². The molecule has 0 aromatic heterocycles. The van der Waals surface area contributed by atoms with E-state index in [0.29, 0.717) is 24.9 Å². The van der Waals surface area contributed by atoms with Gasteiger partial charge in [-0.05, 0) is 55.8 Å². The number of hydrogen-bond donors (Lipinski definition) is 7. The summed E-state index contributed by atoms with van der Waals surface area (Å²) in [6, 6.07) is 3.02. The van der Waals surface area contributed by atoms with Crippen molar-refractivity contribution >= 4 is 23.7 Å². The van der Waals surface area contributed by atoms with Crippen LogP contribution in [0.15, 0.2) is 24.3 Å². The van der Waals surface area contributed by atoms with Gasteiger partial charge in [0.25, 0.3) is 0 Å². The van der Waals surface area contributed by atoms with E-state index < -0.39 is 41.8 Å². The van der Waals surface area contributed by atoms with Gasteiger partial charge in [0.1, 0.15) is 23.9 Å². The highest BCUT2D eigenvalue weighted by atomic mass is 16.4. The molecule has 11 heteroatoms. The van der Waals surface area contributed by atoms with Gasteiger partial charge in [-0.25, -0.2) is 4.79 Å². The van der Waals surface area contributed by atoms with Crippen LogP contribution >= 0.6 is 0 Å². The summed E-state index contributed by atoms with van der Waals surface area (Å²) in [7, 11) is 0. The lowest BCUT2D eigenvalue weighted by Gasteiger charge is -2.25. The average molecular weight is 480 g/mol. The van der Waals surface area contributed by atoms with E-state index >= 15 is 0 Å². The van der Waals surface area contributed by atoms with E-state index in [1.54, 1.807) is 12.1 Å². The van der Waals surface area contributed by atoms with E-state index in [4.69, 9.17) is 11.5 Å². The third-order valence-electron chi connectivity index (χ3n) is 5.11. The van der Waals surface area contributed by atoms with E-state index in [9.17, 15) is 29.4 Å². The minimum Gasteiger partial charge on any atom is -0.508 e. The van der Waals surface area contributed by atoms with Crippen LogP contribution in [0, 0.1) is 5.92 Å². The van der Waals surface area contributed by atoms with E-state index in [2.05, 4.69) is 16.0 Å². The molecule has 3 atom stereocenters. The number of phenols is 1. The zero-order chi connectivity index (χ0) is 25.7. The number of phenolic OH excluding ortho intramolecular Hbond substituents is 1. The molecular weight excluding hydrogens is 442 g/mol. The van der Waals surface area contributed by atoms with E-state index in [-0.39, 0.29) is 37.5 Å². The number of carbonyl (C=O) groups excluding carboxylic acids is 3. The monoisotopic (exact) mass is 479 g/mol. The predicted octanol–water partition coefficient (Wildman–Crippen LogP) is -0.392. The Hall–Kier alpha value is -3.18. The number of nitrogens with one attached hydrogen (secondary N) is 3. The van der Waals surface area contributed by atoms with Crippen LogP contribution in [-0.4, -0.2) is 65.1 Å². The van der Waals surface area contributed by atoms with Crippen LogP contribution in [-0.2, 0) is 25.6 Å². The van der Waals surface area contributed by atoms with Crippen molar-refractivity contribution < 1.29 is 29.4 Å². The maximum atomic E-state index is 13.1. The smallest absolute Gasteiger partial charge is 0.326 e. The summed E-state index contributed by atoms with van der Waals surface area (Å²) in [5, 5.41) is 26.6. The Morgan fingerprint density at radius 3 is 2.00 bits per heavy atom. The van der Waals surface area contributed by atoms with Crippen molar-refractivity contribution in [1.82, 2.24) is 16.0 Å². The van der Waals surface area contributed by atoms with Gasteiger partial charge in [0.2, 0.25) is 17.7 Å². The number of carboxylic acids is 1. The Morgan fingerprint density at radius 2 is 1.47 bits per heavy atom. The molecule has 0 aliphatic carbocycles. The SMILES string of the molecule is CC(C)CC(NC(=O)C(Cc1ccc(O)cc1)NC(=O)CN)C(=O)NC(CCCCN)C(=O)O. The van der Waals surface area contributed by atoms with Crippen molar-refractivity contribution in [1.29, 1.82) is 0 Å². The molecule has 0 spiro atoms. The average Bonchev–Trinajstić information content (AvgIpc) is 2.78. The summed E-state index contributed by atoms with van der Waals surface area (Å²) in [6.07, 6.45) is 1.76. The quantitative estimate of drug-likeness (QED) is 0.165. The van der Waals surface area contributed by atoms with Crippen molar-refractivity contribution in [2.75, 3.05) is 13.1 Å². The summed E-state index contributed by atoms with van der Waals surface area (Å²) in [4.78, 5) is 49.5. The molecular formula is C23H37N5O6. The molecule has 0 radical (unpaired) electrons. The molecule has 11 nitrogen and oxygen atoms in total. The minimum atomic E-state index is -1.17. The summed E-state index contributed by atoms with van der Waals surface area (Å²) in [5.41, 5.74) is 11.5. The molecule has 0 saturated carbocycles. The van der Waals surface area contributed by atoms with Crippen LogP contribution in [0.1, 0.15) is 45.1 Å². The topological polar surface area (TPSA) is 197 Å². The lowest BCUT2D eigenvalue weighted by atomic mass is 10.00. The molecule has 190 valence electrons. The second-order valence-corrected chi connectivity index (χ2v) is 8.57. The third kappa shape index (κ3) is 10.6. The fourth-order valence-corrected chi connectivity index (χ4v) is 3.33. The molecule has 1 aromatic rings. The first kappa shape index (κ1) is 28.9. The standard InChI is InChI=1S/C23H37N5O6/c1-14(2)11-18(21(31)27-17(23(33)34)5-3-4-10-24)28-22(32)19(26-20(30)13-25)12-15-6-8-16(29)9-7-15/h6-9,14,17-19,29H,3-5,10-13,24-25H2,1-2H3,(H,26,30)(H,27,31)(H,28,32)(H,33,34). The Kier molecular flexibility index (Phi) is 12.6. The lowest BCUT2D eigenvalue weighted by molar-refractivity contribution is -0.142. The van der Waals surface area contributed by atoms with Crippen molar-refractivity contribution in [3.8, 4) is 5.75 Å². The Labute approximate surface area is 199 Å². The molecule has 9 N–H and O–H groups in total. The van der Waals surface area contributed by atoms with Gasteiger partial charge in [-0.2, -0.15) is 0 Å². The second-order valence-electron chi connectivity index (χ2n) is 8.57. The number of aromatic hydroxyl groups is 1. The maximum Gasteiger partial charge on any atom is 0.326 e. The van der Waals surface area contributed by atoms with Gasteiger partial charge in [-0.15, -0.1) is 0 Å². The van der Waals surface area contributed by atoms with Gasteiger partial charge < -0.3 is 37.6 Å². The lowest BCUT2D eigenvalue weighted by Crippen LogP contribution is -2.57. The van der Waals surface area contributed by atoms with Gasteiger partial charge in [0.15, 0.2) is 0 Å². The van der Waals surface area contributed by atoms with Gasteiger partial charge in [0.05, 0.1) is 6.54 Å². The molecule has 1 rings (SSSR count). The van der Waals surface area contributed by atoms with Crippen LogP contribution in [0.25, 0.3) is 0 Å². The van der Waals surface area contributed by atoms with E-state index in [0.717, 1.165) is 0 Å². The predicted molar refractivity (Wildman–Crippen MR) is 127 cm³/mol. The summed E-state index contributed by atoms with van der Waals surface area (Å²) in [6.45, 7) is 3.83. The molecule has 0 fully saturated rings. The molecule has 0 heterocycles. The normalized spacial score (nSPS) is 13.6. The van der Waals surface area contributed by atoms with Crippen LogP contribution in [0.3, 0.4) is 0 Å². The number of carboxylic acid groups (broad SMARTS) is 1. The van der Waals surface area contributed by atoms with Gasteiger partial charge in [-0.3, -0.25) is 14.4 Å². The Balaban J connectivity index is 2.99. The molecule has 0 bridgehead atoms. The largest absolute Gasteiger partial charge is 0.508 e. The van der Waals surface area contributed by atoms with Crippen LogP contribution in [0.5, 0.6) is 5.75 Å². The highest BCUT2D eigenvalue weighted by molar-refractivity contribution is 5.93. The van der Waals surface area contributed by atoms with Gasteiger partial charge in [0, 0.05) is 6.42 Å². The minimum absolute atomic E-state index is 0.0192. The number of rotatable bonds is 15. The Morgan fingerprint density at radius 1 is 0.882 bits per heavy atom. The summed E-state index contributed by atoms with van der Waals surface area (Å²) >= 11 is 0. The second kappa shape index (κ2) is 14.9. The van der Waals surface area contributed by atoms with Gasteiger partial charge in [-0.1, -0.05) is 26.0 Å². The van der Waals surface area contributed by atoms with Crippen molar-refractivity contribution in [2.45, 2.75) is 64.1 Å². The number of hydrogen-bond acceptors (Lipinski definition) is 7. The summed E-state index contributed by atoms with van der Waals surface area (Å²) < 4.78 is 0. The molecule has 3 amide bonds. The fraction of sp³-hybridized carbons (Fsp3) is 0.565. The van der Waals surface area contributed by atoms with Crippen LogP contribution < -0.4 is 27.4 Å². The number of unbranched alkanes of at least 4 members (excludes halogenated alkanes) is 1. The Bertz CT molecular complexity index is 815. The fourth-order valence-electron chi connectivity index (χ4n) is 3.33. The van der Waals surface area contributed by atoms with E-state index in [1.807, 2.05) is 13.8 Å². The van der Waals surface area contributed by atoms with Crippen molar-refractivity contribution in [3.05, 3.63) is 29.8 Å².